The molecule has 0 atom stereocenters. The standard InChI is InChI=1S/C18H17ClN2O5S/c1-12-16(21-18(26-12)14-6-2-3-7-15(14)19)10-27(23,24)11-17(22)20-9-13-5-4-8-25-13/h2-8H,9-11H2,1H3,(H,20,22). The van der Waals surface area contributed by atoms with Gasteiger partial charge in [0.25, 0.3) is 0 Å². The molecule has 0 spiro atoms. The summed E-state index contributed by atoms with van der Waals surface area (Å²) in [5.41, 5.74) is 0.825. The van der Waals surface area contributed by atoms with Gasteiger partial charge in [-0.2, -0.15) is 0 Å². The molecule has 0 saturated carbocycles. The highest BCUT2D eigenvalue weighted by Gasteiger charge is 2.22. The van der Waals surface area contributed by atoms with Crippen molar-refractivity contribution < 1.29 is 22.0 Å². The molecule has 3 aromatic rings. The van der Waals surface area contributed by atoms with Crippen LogP contribution in [0.3, 0.4) is 0 Å². The maximum absolute atomic E-state index is 12.3. The van der Waals surface area contributed by atoms with Gasteiger partial charge in [0, 0.05) is 0 Å². The summed E-state index contributed by atoms with van der Waals surface area (Å²) in [7, 11) is -3.72. The predicted molar refractivity (Wildman–Crippen MR) is 99.7 cm³/mol. The van der Waals surface area contributed by atoms with E-state index in [-0.39, 0.29) is 18.1 Å². The Balaban J connectivity index is 1.67. The molecule has 7 nitrogen and oxygen atoms in total. The van der Waals surface area contributed by atoms with Gasteiger partial charge >= 0.3 is 0 Å². The fraction of sp³-hybridized carbons (Fsp3) is 0.222. The molecule has 2 heterocycles. The SMILES string of the molecule is Cc1oc(-c2ccccc2Cl)nc1CS(=O)(=O)CC(=O)NCc1ccco1. The second kappa shape index (κ2) is 7.98. The lowest BCUT2D eigenvalue weighted by Crippen LogP contribution is -2.30. The molecule has 0 aliphatic rings. The van der Waals surface area contributed by atoms with E-state index in [0.29, 0.717) is 22.1 Å². The number of furan rings is 1. The number of nitrogens with one attached hydrogen (secondary N) is 1. The number of amides is 1. The van der Waals surface area contributed by atoms with E-state index in [0.717, 1.165) is 0 Å². The smallest absolute Gasteiger partial charge is 0.235 e. The fourth-order valence-electron chi connectivity index (χ4n) is 2.42. The van der Waals surface area contributed by atoms with Gasteiger partial charge in [0.15, 0.2) is 9.84 Å². The van der Waals surface area contributed by atoms with Gasteiger partial charge in [-0.05, 0) is 31.2 Å². The molecular weight excluding hydrogens is 392 g/mol. The molecule has 2 aromatic heterocycles. The molecule has 0 bridgehead atoms. The normalized spacial score (nSPS) is 11.5. The summed E-state index contributed by atoms with van der Waals surface area (Å²) in [5, 5.41) is 2.96. The molecule has 0 fully saturated rings. The lowest BCUT2D eigenvalue weighted by molar-refractivity contribution is -0.118. The average molecular weight is 409 g/mol. The van der Waals surface area contributed by atoms with Gasteiger partial charge in [0.2, 0.25) is 11.8 Å². The minimum absolute atomic E-state index is 0.126. The number of hydrogen-bond acceptors (Lipinski definition) is 6. The Kier molecular flexibility index (Phi) is 5.67. The van der Waals surface area contributed by atoms with Crippen molar-refractivity contribution in [1.29, 1.82) is 0 Å². The summed E-state index contributed by atoms with van der Waals surface area (Å²) < 4.78 is 35.3. The van der Waals surface area contributed by atoms with Crippen molar-refractivity contribution in [2.45, 2.75) is 19.2 Å². The molecule has 0 aliphatic carbocycles. The van der Waals surface area contributed by atoms with Crippen LogP contribution in [0.2, 0.25) is 5.02 Å². The number of nitrogens with zero attached hydrogens (tertiary/aromatic N) is 1. The van der Waals surface area contributed by atoms with E-state index in [2.05, 4.69) is 10.3 Å². The molecule has 0 saturated heterocycles. The molecule has 1 N–H and O–H groups in total. The second-order valence-corrected chi connectivity index (χ2v) is 8.36. The number of rotatable bonds is 7. The van der Waals surface area contributed by atoms with E-state index in [1.807, 2.05) is 0 Å². The number of benzene rings is 1. The van der Waals surface area contributed by atoms with E-state index in [1.165, 1.54) is 6.26 Å². The van der Waals surface area contributed by atoms with Gasteiger partial charge < -0.3 is 14.2 Å². The van der Waals surface area contributed by atoms with Crippen molar-refractivity contribution in [3.8, 4) is 11.5 Å². The number of carbonyl (C=O) groups excluding carboxylic acids is 1. The Morgan fingerprint density at radius 2 is 2.00 bits per heavy atom. The van der Waals surface area contributed by atoms with E-state index < -0.39 is 27.3 Å². The minimum atomic E-state index is -3.72. The van der Waals surface area contributed by atoms with Crippen LogP contribution in [0.4, 0.5) is 0 Å². The van der Waals surface area contributed by atoms with Gasteiger partial charge in [0.05, 0.1) is 34.8 Å². The third kappa shape index (κ3) is 4.99. The monoisotopic (exact) mass is 408 g/mol. The second-order valence-electron chi connectivity index (χ2n) is 5.89. The summed E-state index contributed by atoms with van der Waals surface area (Å²) in [6.45, 7) is 1.75. The highest BCUT2D eigenvalue weighted by atomic mass is 35.5. The molecule has 27 heavy (non-hydrogen) atoms. The summed E-state index contributed by atoms with van der Waals surface area (Å²) in [4.78, 5) is 16.2. The number of halogens is 1. The number of hydrogen-bond donors (Lipinski definition) is 1. The van der Waals surface area contributed by atoms with Gasteiger partial charge in [0.1, 0.15) is 17.3 Å². The molecule has 0 radical (unpaired) electrons. The van der Waals surface area contributed by atoms with Crippen LogP contribution in [0.15, 0.2) is 51.5 Å². The first kappa shape index (κ1) is 19.2. The molecular formula is C18H17ClN2O5S. The van der Waals surface area contributed by atoms with Crippen LogP contribution in [0, 0.1) is 6.92 Å². The highest BCUT2D eigenvalue weighted by Crippen LogP contribution is 2.28. The van der Waals surface area contributed by atoms with Crippen LogP contribution < -0.4 is 5.32 Å². The van der Waals surface area contributed by atoms with Crippen molar-refractivity contribution >= 4 is 27.3 Å². The zero-order chi connectivity index (χ0) is 19.4. The first-order valence-electron chi connectivity index (χ1n) is 8.05. The van der Waals surface area contributed by atoms with Crippen LogP contribution in [-0.2, 0) is 26.9 Å². The van der Waals surface area contributed by atoms with Crippen molar-refractivity contribution in [1.82, 2.24) is 10.3 Å². The molecule has 1 amide bonds. The molecule has 0 aliphatic heterocycles. The Hall–Kier alpha value is -2.58. The van der Waals surface area contributed by atoms with Crippen molar-refractivity contribution in [3.63, 3.8) is 0 Å². The topological polar surface area (TPSA) is 102 Å². The summed E-state index contributed by atoms with van der Waals surface area (Å²) in [5.74, 6) is -0.519. The van der Waals surface area contributed by atoms with Crippen LogP contribution in [0.25, 0.3) is 11.5 Å². The molecule has 142 valence electrons. The highest BCUT2D eigenvalue weighted by molar-refractivity contribution is 7.91. The maximum Gasteiger partial charge on any atom is 0.235 e. The summed E-state index contributed by atoms with van der Waals surface area (Å²) in [6.07, 6.45) is 1.47. The van der Waals surface area contributed by atoms with Crippen molar-refractivity contribution in [3.05, 3.63) is 64.9 Å². The van der Waals surface area contributed by atoms with Crippen LogP contribution in [-0.4, -0.2) is 25.1 Å². The molecule has 1 aromatic carbocycles. The van der Waals surface area contributed by atoms with Crippen molar-refractivity contribution in [2.24, 2.45) is 0 Å². The predicted octanol–water partition coefficient (Wildman–Crippen LogP) is 3.13. The first-order chi connectivity index (χ1) is 12.8. The Labute approximate surface area is 161 Å². The zero-order valence-electron chi connectivity index (χ0n) is 14.4. The van der Waals surface area contributed by atoms with Gasteiger partial charge in [-0.25, -0.2) is 13.4 Å². The van der Waals surface area contributed by atoms with Gasteiger partial charge in [-0.15, -0.1) is 0 Å². The summed E-state index contributed by atoms with van der Waals surface area (Å²) >= 11 is 6.12. The van der Waals surface area contributed by atoms with Crippen LogP contribution in [0.5, 0.6) is 0 Å². The lowest BCUT2D eigenvalue weighted by atomic mass is 10.2. The number of carbonyl (C=O) groups is 1. The van der Waals surface area contributed by atoms with E-state index in [4.69, 9.17) is 20.4 Å². The van der Waals surface area contributed by atoms with Gasteiger partial charge in [-0.1, -0.05) is 23.7 Å². The number of aromatic nitrogens is 1. The Morgan fingerprint density at radius 3 is 2.70 bits per heavy atom. The number of sulfone groups is 1. The van der Waals surface area contributed by atoms with Crippen LogP contribution in [0.1, 0.15) is 17.2 Å². The largest absolute Gasteiger partial charge is 0.467 e. The Morgan fingerprint density at radius 1 is 1.22 bits per heavy atom. The maximum atomic E-state index is 12.3. The van der Waals surface area contributed by atoms with E-state index in [1.54, 1.807) is 43.3 Å². The minimum Gasteiger partial charge on any atom is -0.467 e. The number of aryl methyl sites for hydroxylation is 1. The molecule has 3 rings (SSSR count). The third-order valence-electron chi connectivity index (χ3n) is 3.74. The zero-order valence-corrected chi connectivity index (χ0v) is 16.0. The first-order valence-corrected chi connectivity index (χ1v) is 10.2. The van der Waals surface area contributed by atoms with Crippen LogP contribution >= 0.6 is 11.6 Å². The molecule has 9 heteroatoms. The number of oxazole rings is 1. The fourth-order valence-corrected chi connectivity index (χ4v) is 3.93. The van der Waals surface area contributed by atoms with Gasteiger partial charge in [-0.3, -0.25) is 4.79 Å². The van der Waals surface area contributed by atoms with E-state index in [9.17, 15) is 13.2 Å². The molecule has 0 unspecified atom stereocenters. The Bertz CT molecular complexity index is 1040. The average Bonchev–Trinajstić information content (AvgIpc) is 3.23. The third-order valence-corrected chi connectivity index (χ3v) is 5.49. The van der Waals surface area contributed by atoms with E-state index >= 15 is 0 Å². The quantitative estimate of drug-likeness (QED) is 0.644. The summed E-state index contributed by atoms with van der Waals surface area (Å²) in [6, 6.07) is 10.3. The lowest BCUT2D eigenvalue weighted by Gasteiger charge is -2.04. The van der Waals surface area contributed by atoms with Crippen molar-refractivity contribution in [2.75, 3.05) is 5.75 Å².